The Balaban J connectivity index is 2.48. The number of amides is 1. The summed E-state index contributed by atoms with van der Waals surface area (Å²) in [4.78, 5) is 15.9. The molecule has 0 aliphatic heterocycles. The Bertz CT molecular complexity index is 377. The van der Waals surface area contributed by atoms with E-state index in [0.717, 1.165) is 12.0 Å². The summed E-state index contributed by atoms with van der Waals surface area (Å²) in [6, 6.07) is 3.69. The molecule has 3 N–H and O–H groups in total. The molecule has 1 atom stereocenters. The van der Waals surface area contributed by atoms with E-state index in [1.807, 2.05) is 19.1 Å². The van der Waals surface area contributed by atoms with Gasteiger partial charge in [0.1, 0.15) is 5.69 Å². The van der Waals surface area contributed by atoms with Crippen LogP contribution in [-0.4, -0.2) is 23.5 Å². The molecule has 1 unspecified atom stereocenters. The number of aromatic nitrogens is 1. The zero-order valence-electron chi connectivity index (χ0n) is 10.7. The Morgan fingerprint density at radius 2 is 2.24 bits per heavy atom. The third-order valence-corrected chi connectivity index (χ3v) is 2.52. The van der Waals surface area contributed by atoms with E-state index in [1.54, 1.807) is 6.20 Å². The number of hydrogen-bond donors (Lipinski definition) is 2. The molecule has 1 aromatic heterocycles. The van der Waals surface area contributed by atoms with Gasteiger partial charge in [-0.05, 0) is 30.9 Å². The molecule has 1 rings (SSSR count). The third kappa shape index (κ3) is 4.53. The summed E-state index contributed by atoms with van der Waals surface area (Å²) in [6.07, 6.45) is 2.53. The summed E-state index contributed by atoms with van der Waals surface area (Å²) in [5.74, 6) is 0.390. The number of hydrogen-bond acceptors (Lipinski definition) is 3. The molecular formula is C13H21N3O. The van der Waals surface area contributed by atoms with Crippen LogP contribution in [0.2, 0.25) is 0 Å². The van der Waals surface area contributed by atoms with E-state index >= 15 is 0 Å². The van der Waals surface area contributed by atoms with E-state index < -0.39 is 0 Å². The molecule has 1 aromatic rings. The van der Waals surface area contributed by atoms with Crippen LogP contribution in [0.1, 0.15) is 36.3 Å². The van der Waals surface area contributed by atoms with Gasteiger partial charge in [0, 0.05) is 18.8 Å². The van der Waals surface area contributed by atoms with E-state index in [9.17, 15) is 4.79 Å². The lowest BCUT2D eigenvalue weighted by molar-refractivity contribution is 0.0944. The highest BCUT2D eigenvalue weighted by molar-refractivity contribution is 5.93. The van der Waals surface area contributed by atoms with Gasteiger partial charge in [-0.3, -0.25) is 9.78 Å². The molecule has 0 spiro atoms. The van der Waals surface area contributed by atoms with E-state index in [2.05, 4.69) is 24.1 Å². The van der Waals surface area contributed by atoms with E-state index in [4.69, 9.17) is 5.73 Å². The second-order valence-corrected chi connectivity index (χ2v) is 4.77. The molecule has 0 aliphatic carbocycles. The quantitative estimate of drug-likeness (QED) is 0.812. The lowest BCUT2D eigenvalue weighted by atomic mass is 10.0. The zero-order chi connectivity index (χ0) is 12.8. The van der Waals surface area contributed by atoms with Crippen molar-refractivity contribution in [2.75, 3.05) is 6.54 Å². The first-order valence-electron chi connectivity index (χ1n) is 5.96. The number of nitrogens with two attached hydrogens (primary N) is 1. The lowest BCUT2D eigenvalue weighted by Crippen LogP contribution is -2.38. The topological polar surface area (TPSA) is 68.0 Å². The van der Waals surface area contributed by atoms with Crippen LogP contribution in [0.25, 0.3) is 0 Å². The normalized spacial score (nSPS) is 12.5. The van der Waals surface area contributed by atoms with Crippen molar-refractivity contribution in [3.63, 3.8) is 0 Å². The predicted octanol–water partition coefficient (Wildman–Crippen LogP) is 1.49. The highest BCUT2D eigenvalue weighted by Crippen LogP contribution is 2.04. The fraction of sp³-hybridized carbons (Fsp3) is 0.538. The Hall–Kier alpha value is -1.42. The number of carbonyl (C=O) groups is 1. The molecule has 0 saturated carbocycles. The average Bonchev–Trinajstić information content (AvgIpc) is 2.25. The molecule has 1 amide bonds. The van der Waals surface area contributed by atoms with Crippen LogP contribution in [0.4, 0.5) is 0 Å². The number of pyridine rings is 1. The van der Waals surface area contributed by atoms with Gasteiger partial charge in [0.05, 0.1) is 0 Å². The van der Waals surface area contributed by atoms with Crippen LogP contribution in [0, 0.1) is 12.8 Å². The second kappa shape index (κ2) is 6.35. The molecule has 0 fully saturated rings. The smallest absolute Gasteiger partial charge is 0.270 e. The van der Waals surface area contributed by atoms with Crippen molar-refractivity contribution in [1.29, 1.82) is 0 Å². The highest BCUT2D eigenvalue weighted by Gasteiger charge is 2.11. The largest absolute Gasteiger partial charge is 0.349 e. The maximum absolute atomic E-state index is 11.8. The van der Waals surface area contributed by atoms with Gasteiger partial charge in [0.2, 0.25) is 0 Å². The molecule has 0 aliphatic rings. The standard InChI is InChI=1S/C13H21N3O/c1-9(2)7-11(14)8-16-13(17)12-10(3)5-4-6-15-12/h4-6,9,11H,7-8,14H2,1-3H3,(H,16,17). The molecular weight excluding hydrogens is 214 g/mol. The van der Waals surface area contributed by atoms with Crippen LogP contribution in [-0.2, 0) is 0 Å². The summed E-state index contributed by atoms with van der Waals surface area (Å²) in [6.45, 7) is 6.60. The van der Waals surface area contributed by atoms with Gasteiger partial charge in [-0.25, -0.2) is 0 Å². The summed E-state index contributed by atoms with van der Waals surface area (Å²) in [7, 11) is 0. The fourth-order valence-corrected chi connectivity index (χ4v) is 1.72. The van der Waals surface area contributed by atoms with Crippen molar-refractivity contribution in [2.24, 2.45) is 11.7 Å². The van der Waals surface area contributed by atoms with Crippen molar-refractivity contribution in [1.82, 2.24) is 10.3 Å². The minimum absolute atomic E-state index is 0.00275. The Morgan fingerprint density at radius 1 is 1.53 bits per heavy atom. The van der Waals surface area contributed by atoms with Crippen LogP contribution in [0.5, 0.6) is 0 Å². The Labute approximate surface area is 103 Å². The first-order chi connectivity index (χ1) is 8.00. The summed E-state index contributed by atoms with van der Waals surface area (Å²) >= 11 is 0. The van der Waals surface area contributed by atoms with Gasteiger partial charge in [-0.1, -0.05) is 19.9 Å². The van der Waals surface area contributed by atoms with Crippen molar-refractivity contribution in [2.45, 2.75) is 33.2 Å². The Morgan fingerprint density at radius 3 is 2.82 bits per heavy atom. The van der Waals surface area contributed by atoms with Crippen LogP contribution >= 0.6 is 0 Å². The third-order valence-electron chi connectivity index (χ3n) is 2.52. The van der Waals surface area contributed by atoms with Crippen molar-refractivity contribution < 1.29 is 4.79 Å². The summed E-state index contributed by atoms with van der Waals surface area (Å²) in [5, 5.41) is 2.82. The van der Waals surface area contributed by atoms with Crippen LogP contribution in [0.3, 0.4) is 0 Å². The van der Waals surface area contributed by atoms with E-state index in [0.29, 0.717) is 18.2 Å². The summed E-state index contributed by atoms with van der Waals surface area (Å²) in [5.41, 5.74) is 7.26. The molecule has 17 heavy (non-hydrogen) atoms. The molecule has 4 nitrogen and oxygen atoms in total. The highest BCUT2D eigenvalue weighted by atomic mass is 16.1. The van der Waals surface area contributed by atoms with Crippen molar-refractivity contribution >= 4 is 5.91 Å². The van der Waals surface area contributed by atoms with Crippen molar-refractivity contribution in [3.05, 3.63) is 29.6 Å². The first-order valence-corrected chi connectivity index (χ1v) is 5.96. The predicted molar refractivity (Wildman–Crippen MR) is 68.7 cm³/mol. The molecule has 4 heteroatoms. The van der Waals surface area contributed by atoms with Crippen LogP contribution in [0.15, 0.2) is 18.3 Å². The lowest BCUT2D eigenvalue weighted by Gasteiger charge is -2.14. The van der Waals surface area contributed by atoms with Gasteiger partial charge in [0.15, 0.2) is 0 Å². The van der Waals surface area contributed by atoms with Gasteiger partial charge in [0.25, 0.3) is 5.91 Å². The number of aryl methyl sites for hydroxylation is 1. The van der Waals surface area contributed by atoms with Crippen molar-refractivity contribution in [3.8, 4) is 0 Å². The van der Waals surface area contributed by atoms with E-state index in [1.165, 1.54) is 0 Å². The molecule has 0 aromatic carbocycles. The molecule has 94 valence electrons. The summed E-state index contributed by atoms with van der Waals surface area (Å²) < 4.78 is 0. The number of nitrogens with zero attached hydrogens (tertiary/aromatic N) is 1. The van der Waals surface area contributed by atoms with Crippen LogP contribution < -0.4 is 11.1 Å². The number of carbonyl (C=O) groups excluding carboxylic acids is 1. The maximum atomic E-state index is 11.8. The number of nitrogens with one attached hydrogen (secondary N) is 1. The van der Waals surface area contributed by atoms with Gasteiger partial charge in [-0.2, -0.15) is 0 Å². The minimum atomic E-state index is -0.151. The maximum Gasteiger partial charge on any atom is 0.270 e. The van der Waals surface area contributed by atoms with Gasteiger partial charge < -0.3 is 11.1 Å². The molecule has 0 radical (unpaired) electrons. The molecule has 1 heterocycles. The Kier molecular flexibility index (Phi) is 5.10. The zero-order valence-corrected chi connectivity index (χ0v) is 10.7. The monoisotopic (exact) mass is 235 g/mol. The fourth-order valence-electron chi connectivity index (χ4n) is 1.72. The van der Waals surface area contributed by atoms with E-state index in [-0.39, 0.29) is 11.9 Å². The SMILES string of the molecule is Cc1cccnc1C(=O)NCC(N)CC(C)C. The first kappa shape index (κ1) is 13.6. The average molecular weight is 235 g/mol. The van der Waals surface area contributed by atoms with Gasteiger partial charge in [-0.15, -0.1) is 0 Å². The van der Waals surface area contributed by atoms with Gasteiger partial charge >= 0.3 is 0 Å². The minimum Gasteiger partial charge on any atom is -0.349 e. The molecule has 0 bridgehead atoms. The molecule has 0 saturated heterocycles. The second-order valence-electron chi connectivity index (χ2n) is 4.77. The number of rotatable bonds is 5.